The third kappa shape index (κ3) is 4.49. The van der Waals surface area contributed by atoms with Crippen LogP contribution < -0.4 is 5.32 Å². The van der Waals surface area contributed by atoms with E-state index in [1.807, 2.05) is 28.5 Å². The summed E-state index contributed by atoms with van der Waals surface area (Å²) < 4.78 is 0. The molecule has 0 aliphatic carbocycles. The van der Waals surface area contributed by atoms with Crippen LogP contribution in [0, 0.1) is 0 Å². The Kier molecular flexibility index (Phi) is 7.96. The molecule has 0 aromatic rings. The number of carbonyl (C=O) groups is 2. The van der Waals surface area contributed by atoms with Gasteiger partial charge in [0, 0.05) is 39.3 Å². The van der Waals surface area contributed by atoms with Gasteiger partial charge in [0.05, 0.1) is 6.04 Å². The molecular formula is C15H29ClN4O2. The summed E-state index contributed by atoms with van der Waals surface area (Å²) in [5.74, 6) is 0.213. The van der Waals surface area contributed by atoms with Crippen molar-refractivity contribution in [1.82, 2.24) is 20.0 Å². The first-order valence-electron chi connectivity index (χ1n) is 8.23. The molecule has 2 rings (SSSR count). The van der Waals surface area contributed by atoms with Crippen LogP contribution in [-0.4, -0.2) is 78.5 Å². The second-order valence-corrected chi connectivity index (χ2v) is 5.77. The molecule has 2 fully saturated rings. The standard InChI is InChI=1S/C15H28N4O2.ClH/c1-3-17(4-2)15(21)19-11-9-18(10-12-19)14(20)13-7-5-6-8-16-13;/h13,16H,3-12H2,1-2H3;1H/t13-;/m0./s1. The van der Waals surface area contributed by atoms with Crippen LogP contribution in [0.4, 0.5) is 4.79 Å². The molecule has 22 heavy (non-hydrogen) atoms. The predicted molar refractivity (Wildman–Crippen MR) is 89.4 cm³/mol. The summed E-state index contributed by atoms with van der Waals surface area (Å²) in [5.41, 5.74) is 0. The van der Waals surface area contributed by atoms with E-state index in [4.69, 9.17) is 0 Å². The molecule has 1 N–H and O–H groups in total. The Balaban J connectivity index is 0.00000242. The molecule has 0 aromatic carbocycles. The van der Waals surface area contributed by atoms with Gasteiger partial charge in [-0.15, -0.1) is 12.4 Å². The van der Waals surface area contributed by atoms with Gasteiger partial charge in [-0.05, 0) is 33.2 Å². The van der Waals surface area contributed by atoms with Gasteiger partial charge in [0.2, 0.25) is 5.91 Å². The van der Waals surface area contributed by atoms with E-state index in [2.05, 4.69) is 5.32 Å². The number of halogens is 1. The number of piperazine rings is 1. The number of nitrogens with zero attached hydrogens (tertiary/aromatic N) is 3. The molecule has 0 aromatic heterocycles. The number of nitrogens with one attached hydrogen (secondary N) is 1. The lowest BCUT2D eigenvalue weighted by Gasteiger charge is -2.38. The summed E-state index contributed by atoms with van der Waals surface area (Å²) >= 11 is 0. The maximum Gasteiger partial charge on any atom is 0.320 e. The molecule has 0 spiro atoms. The average Bonchev–Trinajstić information content (AvgIpc) is 2.56. The Morgan fingerprint density at radius 3 is 2.14 bits per heavy atom. The highest BCUT2D eigenvalue weighted by molar-refractivity contribution is 5.85. The predicted octanol–water partition coefficient (Wildman–Crippen LogP) is 1.16. The lowest BCUT2D eigenvalue weighted by molar-refractivity contribution is -0.135. The summed E-state index contributed by atoms with van der Waals surface area (Å²) in [4.78, 5) is 30.3. The molecule has 1 atom stereocenters. The molecule has 6 nitrogen and oxygen atoms in total. The molecular weight excluding hydrogens is 304 g/mol. The SMILES string of the molecule is CCN(CC)C(=O)N1CCN(C(=O)[C@@H]2CCCCN2)CC1.Cl. The van der Waals surface area contributed by atoms with Crippen molar-refractivity contribution in [3.8, 4) is 0 Å². The monoisotopic (exact) mass is 332 g/mol. The summed E-state index contributed by atoms with van der Waals surface area (Å²) in [6, 6.07) is 0.0895. The van der Waals surface area contributed by atoms with Crippen LogP contribution in [-0.2, 0) is 4.79 Å². The second-order valence-electron chi connectivity index (χ2n) is 5.77. The molecule has 0 bridgehead atoms. The van der Waals surface area contributed by atoms with Gasteiger partial charge in [-0.2, -0.15) is 0 Å². The minimum atomic E-state index is -0.0104. The first-order valence-corrected chi connectivity index (χ1v) is 8.23. The van der Waals surface area contributed by atoms with Gasteiger partial charge in [0.1, 0.15) is 0 Å². The molecule has 2 saturated heterocycles. The van der Waals surface area contributed by atoms with Gasteiger partial charge in [-0.25, -0.2) is 4.79 Å². The molecule has 3 amide bonds. The maximum atomic E-state index is 12.4. The number of hydrogen-bond donors (Lipinski definition) is 1. The first-order chi connectivity index (χ1) is 10.2. The summed E-state index contributed by atoms with van der Waals surface area (Å²) in [7, 11) is 0. The second kappa shape index (κ2) is 9.20. The molecule has 0 unspecified atom stereocenters. The lowest BCUT2D eigenvalue weighted by atomic mass is 10.0. The summed E-state index contributed by atoms with van der Waals surface area (Å²) in [5, 5.41) is 3.31. The number of hydrogen-bond acceptors (Lipinski definition) is 3. The van der Waals surface area contributed by atoms with Crippen molar-refractivity contribution in [1.29, 1.82) is 0 Å². The molecule has 0 saturated carbocycles. The Morgan fingerprint density at radius 1 is 1.05 bits per heavy atom. The number of piperidine rings is 1. The minimum absolute atomic E-state index is 0. The van der Waals surface area contributed by atoms with E-state index in [-0.39, 0.29) is 30.4 Å². The number of urea groups is 1. The van der Waals surface area contributed by atoms with E-state index < -0.39 is 0 Å². The van der Waals surface area contributed by atoms with E-state index in [9.17, 15) is 9.59 Å². The summed E-state index contributed by atoms with van der Waals surface area (Å²) in [6.45, 7) is 9.01. The smallest absolute Gasteiger partial charge is 0.320 e. The van der Waals surface area contributed by atoms with Crippen molar-refractivity contribution >= 4 is 24.3 Å². The fourth-order valence-corrected chi connectivity index (χ4v) is 3.10. The maximum absolute atomic E-state index is 12.4. The van der Waals surface area contributed by atoms with Gasteiger partial charge in [-0.3, -0.25) is 4.79 Å². The molecule has 2 aliphatic rings. The van der Waals surface area contributed by atoms with Gasteiger partial charge in [-0.1, -0.05) is 6.42 Å². The van der Waals surface area contributed by atoms with E-state index >= 15 is 0 Å². The largest absolute Gasteiger partial charge is 0.338 e. The normalized spacial score (nSPS) is 22.0. The minimum Gasteiger partial charge on any atom is -0.338 e. The van der Waals surface area contributed by atoms with E-state index in [1.165, 1.54) is 0 Å². The van der Waals surface area contributed by atoms with E-state index in [0.717, 1.165) is 38.9 Å². The summed E-state index contributed by atoms with van der Waals surface area (Å²) in [6.07, 6.45) is 3.23. The quantitative estimate of drug-likeness (QED) is 0.843. The fraction of sp³-hybridized carbons (Fsp3) is 0.867. The van der Waals surface area contributed by atoms with E-state index in [1.54, 1.807) is 0 Å². The lowest BCUT2D eigenvalue weighted by Crippen LogP contribution is -2.57. The number of rotatable bonds is 3. The third-order valence-corrected chi connectivity index (χ3v) is 4.50. The molecule has 128 valence electrons. The zero-order valence-corrected chi connectivity index (χ0v) is 14.5. The van der Waals surface area contributed by atoms with Gasteiger partial charge < -0.3 is 20.0 Å². The van der Waals surface area contributed by atoms with Crippen LogP contribution >= 0.6 is 12.4 Å². The van der Waals surface area contributed by atoms with Crippen molar-refractivity contribution in [2.75, 3.05) is 45.8 Å². The van der Waals surface area contributed by atoms with Crippen molar-refractivity contribution in [3.63, 3.8) is 0 Å². The Labute approximate surface area is 139 Å². The first kappa shape index (κ1) is 19.0. The molecule has 0 radical (unpaired) electrons. The van der Waals surface area contributed by atoms with Crippen LogP contribution in [0.3, 0.4) is 0 Å². The van der Waals surface area contributed by atoms with Crippen LogP contribution in [0.25, 0.3) is 0 Å². The van der Waals surface area contributed by atoms with Crippen molar-refractivity contribution in [3.05, 3.63) is 0 Å². The van der Waals surface area contributed by atoms with Crippen LogP contribution in [0.15, 0.2) is 0 Å². The molecule has 7 heteroatoms. The van der Waals surface area contributed by atoms with Crippen LogP contribution in [0.5, 0.6) is 0 Å². The van der Waals surface area contributed by atoms with E-state index in [0.29, 0.717) is 26.2 Å². The van der Waals surface area contributed by atoms with Gasteiger partial charge in [0.25, 0.3) is 0 Å². The highest BCUT2D eigenvalue weighted by atomic mass is 35.5. The average molecular weight is 333 g/mol. The Bertz CT molecular complexity index is 363. The topological polar surface area (TPSA) is 55.9 Å². The molecule has 2 aliphatic heterocycles. The fourth-order valence-electron chi connectivity index (χ4n) is 3.10. The third-order valence-electron chi connectivity index (χ3n) is 4.50. The zero-order valence-electron chi connectivity index (χ0n) is 13.7. The molecule has 2 heterocycles. The Hall–Kier alpha value is -1.01. The number of carbonyl (C=O) groups excluding carboxylic acids is 2. The van der Waals surface area contributed by atoms with Gasteiger partial charge >= 0.3 is 6.03 Å². The zero-order chi connectivity index (χ0) is 15.2. The highest BCUT2D eigenvalue weighted by Crippen LogP contribution is 2.12. The van der Waals surface area contributed by atoms with Crippen LogP contribution in [0.2, 0.25) is 0 Å². The van der Waals surface area contributed by atoms with Crippen molar-refractivity contribution in [2.24, 2.45) is 0 Å². The van der Waals surface area contributed by atoms with Crippen molar-refractivity contribution in [2.45, 2.75) is 39.2 Å². The Morgan fingerprint density at radius 2 is 1.64 bits per heavy atom. The van der Waals surface area contributed by atoms with Crippen LogP contribution in [0.1, 0.15) is 33.1 Å². The van der Waals surface area contributed by atoms with Crippen molar-refractivity contribution < 1.29 is 9.59 Å². The highest BCUT2D eigenvalue weighted by Gasteiger charge is 2.30. The number of amides is 3. The van der Waals surface area contributed by atoms with Gasteiger partial charge in [0.15, 0.2) is 0 Å².